The molecule has 2 fully saturated rings. The molecule has 1 spiro atoms. The Balaban J connectivity index is 1.65. The number of ether oxygens (including phenoxy) is 1. The van der Waals surface area contributed by atoms with E-state index in [0.29, 0.717) is 6.04 Å². The minimum Gasteiger partial charge on any atom is -0.375 e. The average Bonchev–Trinajstić information content (AvgIpc) is 2.95. The summed E-state index contributed by atoms with van der Waals surface area (Å²) in [4.78, 5) is 0. The minimum absolute atomic E-state index is 0.141. The third-order valence-corrected chi connectivity index (χ3v) is 5.46. The van der Waals surface area contributed by atoms with Crippen LogP contribution in [-0.4, -0.2) is 40.0 Å². The third kappa shape index (κ3) is 3.21. The van der Waals surface area contributed by atoms with Crippen molar-refractivity contribution in [3.8, 4) is 0 Å². The number of rotatable bonds is 4. The molecule has 2 aliphatic rings. The molecule has 3 heterocycles. The standard InChI is InChI=1S/C15H25N3OS/c1-2-16-10-13-11-17-18(12-13)14-3-6-19-15(9-14)4-7-20-8-5-15/h11-12,14,16H,2-10H2,1H3. The van der Waals surface area contributed by atoms with Gasteiger partial charge in [0, 0.05) is 24.9 Å². The lowest BCUT2D eigenvalue weighted by Crippen LogP contribution is -2.43. The van der Waals surface area contributed by atoms with Crippen LogP contribution in [0.3, 0.4) is 0 Å². The van der Waals surface area contributed by atoms with Crippen LogP contribution in [0.25, 0.3) is 0 Å². The van der Waals surface area contributed by atoms with E-state index in [9.17, 15) is 0 Å². The number of nitrogens with zero attached hydrogens (tertiary/aromatic N) is 2. The summed E-state index contributed by atoms with van der Waals surface area (Å²) in [7, 11) is 0. The van der Waals surface area contributed by atoms with Crippen molar-refractivity contribution in [3.63, 3.8) is 0 Å². The lowest BCUT2D eigenvalue weighted by Gasteiger charge is -2.43. The van der Waals surface area contributed by atoms with Crippen molar-refractivity contribution in [3.05, 3.63) is 18.0 Å². The summed E-state index contributed by atoms with van der Waals surface area (Å²) < 4.78 is 8.34. The van der Waals surface area contributed by atoms with Gasteiger partial charge in [-0.1, -0.05) is 6.92 Å². The van der Waals surface area contributed by atoms with Gasteiger partial charge in [0.25, 0.3) is 0 Å². The molecule has 1 N–H and O–H groups in total. The maximum absolute atomic E-state index is 6.16. The molecule has 4 nitrogen and oxygen atoms in total. The van der Waals surface area contributed by atoms with Gasteiger partial charge in [-0.25, -0.2) is 0 Å². The Morgan fingerprint density at radius 2 is 2.35 bits per heavy atom. The van der Waals surface area contributed by atoms with Gasteiger partial charge in [-0.05, 0) is 43.7 Å². The first-order chi connectivity index (χ1) is 9.81. The van der Waals surface area contributed by atoms with Crippen molar-refractivity contribution in [2.45, 2.75) is 50.8 Å². The van der Waals surface area contributed by atoms with Crippen molar-refractivity contribution in [2.75, 3.05) is 24.7 Å². The van der Waals surface area contributed by atoms with Crippen LogP contribution in [-0.2, 0) is 11.3 Å². The van der Waals surface area contributed by atoms with Crippen molar-refractivity contribution >= 4 is 11.8 Å². The monoisotopic (exact) mass is 295 g/mol. The summed E-state index contributed by atoms with van der Waals surface area (Å²) in [5.74, 6) is 2.50. The topological polar surface area (TPSA) is 39.1 Å². The first-order valence-electron chi connectivity index (χ1n) is 7.77. The van der Waals surface area contributed by atoms with Gasteiger partial charge < -0.3 is 10.1 Å². The Morgan fingerprint density at radius 1 is 1.50 bits per heavy atom. The molecule has 0 aliphatic carbocycles. The van der Waals surface area contributed by atoms with Crippen LogP contribution >= 0.6 is 11.8 Å². The van der Waals surface area contributed by atoms with Crippen LogP contribution in [0, 0.1) is 0 Å². The average molecular weight is 295 g/mol. The lowest BCUT2D eigenvalue weighted by atomic mass is 9.85. The molecule has 0 bridgehead atoms. The van der Waals surface area contributed by atoms with Crippen LogP contribution in [0.1, 0.15) is 44.2 Å². The summed E-state index contributed by atoms with van der Waals surface area (Å²) in [5, 5.41) is 7.94. The van der Waals surface area contributed by atoms with Gasteiger partial charge in [-0.3, -0.25) is 4.68 Å². The van der Waals surface area contributed by atoms with E-state index in [4.69, 9.17) is 4.74 Å². The molecule has 3 rings (SSSR count). The molecule has 1 aromatic rings. The van der Waals surface area contributed by atoms with Crippen molar-refractivity contribution in [1.82, 2.24) is 15.1 Å². The fraction of sp³-hybridized carbons (Fsp3) is 0.800. The quantitative estimate of drug-likeness (QED) is 0.927. The van der Waals surface area contributed by atoms with E-state index in [1.54, 1.807) is 0 Å². The van der Waals surface area contributed by atoms with E-state index in [-0.39, 0.29) is 5.60 Å². The van der Waals surface area contributed by atoms with Crippen molar-refractivity contribution < 1.29 is 4.74 Å². The van der Waals surface area contributed by atoms with E-state index in [1.165, 1.54) is 29.9 Å². The van der Waals surface area contributed by atoms with Gasteiger partial charge in [0.15, 0.2) is 0 Å². The van der Waals surface area contributed by atoms with Crippen molar-refractivity contribution in [2.24, 2.45) is 0 Å². The van der Waals surface area contributed by atoms with Gasteiger partial charge in [0.1, 0.15) is 0 Å². The number of nitrogens with one attached hydrogen (secondary N) is 1. The van der Waals surface area contributed by atoms with Crippen LogP contribution in [0.5, 0.6) is 0 Å². The third-order valence-electron chi connectivity index (χ3n) is 4.48. The van der Waals surface area contributed by atoms with E-state index < -0.39 is 0 Å². The highest BCUT2D eigenvalue weighted by atomic mass is 32.2. The highest BCUT2D eigenvalue weighted by molar-refractivity contribution is 7.99. The molecule has 0 radical (unpaired) electrons. The molecule has 0 aromatic carbocycles. The summed E-state index contributed by atoms with van der Waals surface area (Å²) >= 11 is 2.06. The summed E-state index contributed by atoms with van der Waals surface area (Å²) in [6, 6.07) is 0.516. The first kappa shape index (κ1) is 14.4. The number of aromatic nitrogens is 2. The van der Waals surface area contributed by atoms with Gasteiger partial charge in [0.2, 0.25) is 0 Å². The Morgan fingerprint density at radius 3 is 3.15 bits per heavy atom. The van der Waals surface area contributed by atoms with Gasteiger partial charge >= 0.3 is 0 Å². The largest absolute Gasteiger partial charge is 0.375 e. The maximum Gasteiger partial charge on any atom is 0.0718 e. The van der Waals surface area contributed by atoms with E-state index >= 15 is 0 Å². The summed E-state index contributed by atoms with van der Waals surface area (Å²) in [5.41, 5.74) is 1.42. The maximum atomic E-state index is 6.16. The Kier molecular flexibility index (Phi) is 4.68. The van der Waals surface area contributed by atoms with Gasteiger partial charge in [-0.2, -0.15) is 16.9 Å². The zero-order valence-corrected chi connectivity index (χ0v) is 13.1. The lowest BCUT2D eigenvalue weighted by molar-refractivity contribution is -0.100. The van der Waals surface area contributed by atoms with E-state index in [2.05, 4.69) is 40.0 Å². The summed E-state index contributed by atoms with van der Waals surface area (Å²) in [6.07, 6.45) is 8.86. The number of hydrogen-bond acceptors (Lipinski definition) is 4. The van der Waals surface area contributed by atoms with Gasteiger partial charge in [-0.15, -0.1) is 0 Å². The molecule has 5 heteroatoms. The molecular formula is C15H25N3OS. The normalized spacial score (nSPS) is 25.9. The molecular weight excluding hydrogens is 270 g/mol. The Hall–Kier alpha value is -0.520. The number of hydrogen-bond donors (Lipinski definition) is 1. The smallest absolute Gasteiger partial charge is 0.0718 e. The van der Waals surface area contributed by atoms with Crippen molar-refractivity contribution in [1.29, 1.82) is 0 Å². The second-order valence-corrected chi connectivity index (χ2v) is 7.12. The van der Waals surface area contributed by atoms with Gasteiger partial charge in [0.05, 0.1) is 17.8 Å². The molecule has 1 atom stereocenters. The zero-order chi connectivity index (χ0) is 13.8. The van der Waals surface area contributed by atoms with E-state index in [1.807, 2.05) is 6.20 Å². The Bertz CT molecular complexity index is 423. The van der Waals surface area contributed by atoms with Crippen LogP contribution < -0.4 is 5.32 Å². The molecule has 112 valence electrons. The molecule has 1 unspecified atom stereocenters. The van der Waals surface area contributed by atoms with Crippen LogP contribution in [0.4, 0.5) is 0 Å². The molecule has 0 amide bonds. The predicted octanol–water partition coefficient (Wildman–Crippen LogP) is 2.61. The second-order valence-electron chi connectivity index (χ2n) is 5.90. The van der Waals surface area contributed by atoms with Crippen LogP contribution in [0.2, 0.25) is 0 Å². The fourth-order valence-corrected chi connectivity index (χ4v) is 4.49. The predicted molar refractivity (Wildman–Crippen MR) is 83.1 cm³/mol. The first-order valence-corrected chi connectivity index (χ1v) is 8.92. The Labute approximate surface area is 125 Å². The highest BCUT2D eigenvalue weighted by Gasteiger charge is 2.39. The molecule has 20 heavy (non-hydrogen) atoms. The fourth-order valence-electron chi connectivity index (χ4n) is 3.26. The SMILES string of the molecule is CCNCc1cnn(C2CCOC3(CCSCC3)C2)c1. The molecule has 1 aromatic heterocycles. The van der Waals surface area contributed by atoms with Crippen LogP contribution in [0.15, 0.2) is 12.4 Å². The summed E-state index contributed by atoms with van der Waals surface area (Å²) in [6.45, 7) is 4.94. The highest BCUT2D eigenvalue weighted by Crippen LogP contribution is 2.41. The number of thioether (sulfide) groups is 1. The second kappa shape index (κ2) is 6.50. The molecule has 0 saturated carbocycles. The zero-order valence-electron chi connectivity index (χ0n) is 12.3. The molecule has 2 saturated heterocycles. The minimum atomic E-state index is 0.141. The van der Waals surface area contributed by atoms with E-state index in [0.717, 1.165) is 32.5 Å². The molecule has 2 aliphatic heterocycles.